The Balaban J connectivity index is 2.16. The van der Waals surface area contributed by atoms with E-state index in [1.54, 1.807) is 0 Å². The van der Waals surface area contributed by atoms with E-state index in [9.17, 15) is 9.59 Å². The Labute approximate surface area is 113 Å². The van der Waals surface area contributed by atoms with Gasteiger partial charge in [-0.3, -0.25) is 0 Å². The van der Waals surface area contributed by atoms with Gasteiger partial charge in [-0.05, 0) is 12.1 Å². The smallest absolute Gasteiger partial charge is 0.347 e. The molecule has 0 aliphatic carbocycles. The van der Waals surface area contributed by atoms with Crippen LogP contribution in [0.3, 0.4) is 0 Å². The summed E-state index contributed by atoms with van der Waals surface area (Å²) in [5.74, 6) is -1.24. The van der Waals surface area contributed by atoms with Crippen LogP contribution < -0.4 is 5.73 Å². The second-order valence-electron chi connectivity index (χ2n) is 3.71. The topological polar surface area (TPSA) is 78.6 Å². The van der Waals surface area contributed by atoms with Gasteiger partial charge in [0.2, 0.25) is 6.10 Å². The van der Waals surface area contributed by atoms with Crippen molar-refractivity contribution in [3.63, 3.8) is 0 Å². The van der Waals surface area contributed by atoms with Crippen LogP contribution >= 0.6 is 23.2 Å². The summed E-state index contributed by atoms with van der Waals surface area (Å²) in [6.07, 6.45) is -0.519. The number of rotatable bonds is 2. The highest BCUT2D eigenvalue weighted by Crippen LogP contribution is 2.30. The summed E-state index contributed by atoms with van der Waals surface area (Å²) in [5.41, 5.74) is 5.89. The molecule has 1 unspecified atom stereocenters. The van der Waals surface area contributed by atoms with Gasteiger partial charge in [0.15, 0.2) is 0 Å². The molecule has 0 saturated carbocycles. The van der Waals surface area contributed by atoms with Crippen molar-refractivity contribution in [1.82, 2.24) is 0 Å². The first-order valence-corrected chi connectivity index (χ1v) is 5.87. The maximum atomic E-state index is 11.8. The summed E-state index contributed by atoms with van der Waals surface area (Å²) >= 11 is 11.6. The van der Waals surface area contributed by atoms with Crippen LogP contribution in [0.5, 0.6) is 0 Å². The zero-order valence-electron chi connectivity index (χ0n) is 9.11. The molecule has 2 N–H and O–H groups in total. The number of cyclic esters (lactones) is 1. The lowest BCUT2D eigenvalue weighted by atomic mass is 10.2. The Hall–Kier alpha value is -1.46. The van der Waals surface area contributed by atoms with E-state index in [1.807, 2.05) is 0 Å². The van der Waals surface area contributed by atoms with Gasteiger partial charge in [-0.2, -0.15) is 0 Å². The number of ether oxygens (including phenoxy) is 2. The molecule has 1 heterocycles. The molecule has 1 saturated heterocycles. The van der Waals surface area contributed by atoms with E-state index in [2.05, 4.69) is 4.74 Å². The van der Waals surface area contributed by atoms with Crippen molar-refractivity contribution in [2.24, 2.45) is 0 Å². The molecule has 1 aliphatic rings. The van der Waals surface area contributed by atoms with Crippen LogP contribution in [0.25, 0.3) is 0 Å². The standard InChI is InChI=1S/C11H9Cl2NO4/c12-6-3-5(4-7(14)9(6)13)10(15)18-8-1-2-17-11(8)16/h3-4,8H,1-2,14H2. The lowest BCUT2D eigenvalue weighted by molar-refractivity contribution is -0.145. The third-order valence-corrected chi connectivity index (χ3v) is 3.25. The highest BCUT2D eigenvalue weighted by Gasteiger charge is 2.30. The third-order valence-electron chi connectivity index (χ3n) is 2.43. The molecule has 0 bridgehead atoms. The second kappa shape index (κ2) is 5.04. The van der Waals surface area contributed by atoms with Crippen molar-refractivity contribution in [1.29, 1.82) is 0 Å². The van der Waals surface area contributed by atoms with E-state index in [0.29, 0.717) is 6.42 Å². The number of esters is 2. The number of benzene rings is 1. The van der Waals surface area contributed by atoms with Gasteiger partial charge in [-0.15, -0.1) is 0 Å². The summed E-state index contributed by atoms with van der Waals surface area (Å²) in [5, 5.41) is 0.325. The van der Waals surface area contributed by atoms with Crippen LogP contribution in [-0.4, -0.2) is 24.6 Å². The quantitative estimate of drug-likeness (QED) is 0.666. The predicted molar refractivity (Wildman–Crippen MR) is 65.7 cm³/mol. The molecule has 1 fully saturated rings. The van der Waals surface area contributed by atoms with E-state index in [1.165, 1.54) is 12.1 Å². The Morgan fingerprint density at radius 1 is 1.44 bits per heavy atom. The Kier molecular flexibility index (Phi) is 3.63. The van der Waals surface area contributed by atoms with Crippen molar-refractivity contribution >= 4 is 40.8 Å². The molecule has 96 valence electrons. The SMILES string of the molecule is Nc1cc(C(=O)OC2CCOC2=O)cc(Cl)c1Cl. The number of carbonyl (C=O) groups is 2. The van der Waals surface area contributed by atoms with Gasteiger partial charge in [0.1, 0.15) is 0 Å². The fourth-order valence-electron chi connectivity index (χ4n) is 1.51. The van der Waals surface area contributed by atoms with Crippen LogP contribution in [0.15, 0.2) is 12.1 Å². The van der Waals surface area contributed by atoms with Crippen molar-refractivity contribution in [3.8, 4) is 0 Å². The van der Waals surface area contributed by atoms with Gasteiger partial charge in [-0.25, -0.2) is 9.59 Å². The minimum absolute atomic E-state index is 0.140. The van der Waals surface area contributed by atoms with Gasteiger partial charge in [0.25, 0.3) is 0 Å². The van der Waals surface area contributed by atoms with E-state index < -0.39 is 18.0 Å². The molecule has 0 aromatic heterocycles. The highest BCUT2D eigenvalue weighted by atomic mass is 35.5. The fraction of sp³-hybridized carbons (Fsp3) is 0.273. The number of halogens is 2. The number of carbonyl (C=O) groups excluding carboxylic acids is 2. The minimum Gasteiger partial charge on any atom is -0.463 e. The minimum atomic E-state index is -0.867. The molecule has 18 heavy (non-hydrogen) atoms. The average molecular weight is 290 g/mol. The third kappa shape index (κ3) is 2.52. The van der Waals surface area contributed by atoms with Crippen molar-refractivity contribution in [2.75, 3.05) is 12.3 Å². The molecule has 5 nitrogen and oxygen atoms in total. The Morgan fingerprint density at radius 3 is 2.72 bits per heavy atom. The van der Waals surface area contributed by atoms with Gasteiger partial charge in [0, 0.05) is 6.42 Å². The number of nitrogens with two attached hydrogens (primary N) is 1. The Bertz CT molecular complexity index is 495. The molecule has 1 atom stereocenters. The largest absolute Gasteiger partial charge is 0.463 e. The predicted octanol–water partition coefficient (Wildman–Crippen LogP) is 2.05. The van der Waals surface area contributed by atoms with Gasteiger partial charge in [-0.1, -0.05) is 23.2 Å². The van der Waals surface area contributed by atoms with Crippen LogP contribution in [0.1, 0.15) is 16.8 Å². The molecule has 1 aromatic rings. The van der Waals surface area contributed by atoms with Gasteiger partial charge in [0.05, 0.1) is 27.9 Å². The first-order valence-electron chi connectivity index (χ1n) is 5.11. The lowest BCUT2D eigenvalue weighted by Crippen LogP contribution is -2.22. The molecular weight excluding hydrogens is 281 g/mol. The molecule has 0 radical (unpaired) electrons. The van der Waals surface area contributed by atoms with Crippen LogP contribution in [0, 0.1) is 0 Å². The molecule has 0 amide bonds. The molecular formula is C11H9Cl2NO4. The normalized spacial score (nSPS) is 18.6. The first-order chi connectivity index (χ1) is 8.49. The number of hydrogen-bond donors (Lipinski definition) is 1. The molecule has 1 aliphatic heterocycles. The second-order valence-corrected chi connectivity index (χ2v) is 4.50. The van der Waals surface area contributed by atoms with Gasteiger partial charge >= 0.3 is 11.9 Å². The lowest BCUT2D eigenvalue weighted by Gasteiger charge is -2.09. The number of nitrogen functional groups attached to an aromatic ring is 1. The van der Waals surface area contributed by atoms with E-state index in [-0.39, 0.29) is 27.9 Å². The first kappa shape index (κ1) is 13.0. The van der Waals surface area contributed by atoms with Crippen molar-refractivity contribution < 1.29 is 19.1 Å². The summed E-state index contributed by atoms with van der Waals surface area (Å²) in [6.45, 7) is 0.250. The van der Waals surface area contributed by atoms with Gasteiger partial charge < -0.3 is 15.2 Å². The summed E-state index contributed by atoms with van der Waals surface area (Å²) < 4.78 is 9.67. The molecule has 7 heteroatoms. The highest BCUT2D eigenvalue weighted by molar-refractivity contribution is 6.43. The fourth-order valence-corrected chi connectivity index (χ4v) is 1.85. The average Bonchev–Trinajstić information content (AvgIpc) is 2.71. The molecule has 1 aromatic carbocycles. The summed E-state index contributed by atoms with van der Waals surface area (Å²) in [7, 11) is 0. The maximum absolute atomic E-state index is 11.8. The van der Waals surface area contributed by atoms with E-state index in [0.717, 1.165) is 0 Å². The van der Waals surface area contributed by atoms with E-state index >= 15 is 0 Å². The Morgan fingerprint density at radius 2 is 2.17 bits per heavy atom. The zero-order valence-corrected chi connectivity index (χ0v) is 10.6. The number of anilines is 1. The maximum Gasteiger partial charge on any atom is 0.347 e. The van der Waals surface area contributed by atoms with E-state index in [4.69, 9.17) is 33.7 Å². The number of hydrogen-bond acceptors (Lipinski definition) is 5. The monoisotopic (exact) mass is 289 g/mol. The van der Waals surface area contributed by atoms with Crippen LogP contribution in [-0.2, 0) is 14.3 Å². The van der Waals surface area contributed by atoms with Crippen LogP contribution in [0.2, 0.25) is 10.0 Å². The molecule has 0 spiro atoms. The van der Waals surface area contributed by atoms with Crippen LogP contribution in [0.4, 0.5) is 5.69 Å². The summed E-state index contributed by atoms with van der Waals surface area (Å²) in [4.78, 5) is 22.9. The molecule has 2 rings (SSSR count). The zero-order chi connectivity index (χ0) is 13.3. The van der Waals surface area contributed by atoms with Crippen molar-refractivity contribution in [2.45, 2.75) is 12.5 Å². The summed E-state index contributed by atoms with van der Waals surface area (Å²) in [6, 6.07) is 2.68. The van der Waals surface area contributed by atoms with Crippen molar-refractivity contribution in [3.05, 3.63) is 27.7 Å².